The molecule has 0 radical (unpaired) electrons. The Balaban J connectivity index is 2.30. The lowest BCUT2D eigenvalue weighted by Crippen LogP contribution is -2.39. The Hall–Kier alpha value is -2.00. The average Bonchev–Trinajstić information content (AvgIpc) is 2.62. The fourth-order valence-electron chi connectivity index (χ4n) is 2.42. The minimum absolute atomic E-state index is 0.405. The zero-order valence-electron chi connectivity index (χ0n) is 16.7. The molecule has 0 saturated heterocycles. The van der Waals surface area contributed by atoms with E-state index in [2.05, 4.69) is 20.3 Å². The van der Waals surface area contributed by atoms with Crippen molar-refractivity contribution < 1.29 is 17.9 Å². The number of guanidine groups is 1. The second-order valence-corrected chi connectivity index (χ2v) is 7.80. The van der Waals surface area contributed by atoms with Crippen LogP contribution < -0.4 is 24.8 Å². The Kier molecular flexibility index (Phi) is 10.6. The van der Waals surface area contributed by atoms with Crippen LogP contribution in [-0.4, -0.2) is 61.0 Å². The van der Waals surface area contributed by atoms with Gasteiger partial charge in [0.25, 0.3) is 0 Å². The molecular weight excluding hydrogens is 368 g/mol. The SMILES string of the molecule is CCOc1cc(CCCNC(=NC)NCCCNS(C)(=O)=O)ccc1OC. The summed E-state index contributed by atoms with van der Waals surface area (Å²) >= 11 is 0. The minimum Gasteiger partial charge on any atom is -0.493 e. The zero-order valence-corrected chi connectivity index (χ0v) is 17.5. The number of nitrogens with zero attached hydrogens (tertiary/aromatic N) is 1. The molecule has 154 valence electrons. The second-order valence-electron chi connectivity index (χ2n) is 5.97. The van der Waals surface area contributed by atoms with Gasteiger partial charge in [0.1, 0.15) is 0 Å². The quantitative estimate of drug-likeness (QED) is 0.276. The normalized spacial score (nSPS) is 11.9. The summed E-state index contributed by atoms with van der Waals surface area (Å²) < 4.78 is 35.3. The Morgan fingerprint density at radius 3 is 2.41 bits per heavy atom. The van der Waals surface area contributed by atoms with Crippen LogP contribution in [0.25, 0.3) is 0 Å². The van der Waals surface area contributed by atoms with E-state index in [-0.39, 0.29) is 0 Å². The van der Waals surface area contributed by atoms with Crippen LogP contribution in [0.15, 0.2) is 23.2 Å². The molecule has 8 nitrogen and oxygen atoms in total. The van der Waals surface area contributed by atoms with Crippen molar-refractivity contribution in [2.24, 2.45) is 4.99 Å². The van der Waals surface area contributed by atoms with Gasteiger partial charge < -0.3 is 20.1 Å². The summed E-state index contributed by atoms with van der Waals surface area (Å²) in [6.45, 7) is 4.37. The van der Waals surface area contributed by atoms with Crippen molar-refractivity contribution in [1.29, 1.82) is 0 Å². The molecule has 0 bridgehead atoms. The van der Waals surface area contributed by atoms with Crippen LogP contribution in [0.3, 0.4) is 0 Å². The van der Waals surface area contributed by atoms with Crippen LogP contribution in [-0.2, 0) is 16.4 Å². The van der Waals surface area contributed by atoms with E-state index in [0.717, 1.165) is 37.1 Å². The van der Waals surface area contributed by atoms with Crippen LogP contribution in [0.4, 0.5) is 0 Å². The molecule has 9 heteroatoms. The highest BCUT2D eigenvalue weighted by molar-refractivity contribution is 7.88. The largest absolute Gasteiger partial charge is 0.493 e. The van der Waals surface area contributed by atoms with Crippen LogP contribution in [0.5, 0.6) is 11.5 Å². The van der Waals surface area contributed by atoms with Gasteiger partial charge in [-0.1, -0.05) is 6.07 Å². The lowest BCUT2D eigenvalue weighted by atomic mass is 10.1. The van der Waals surface area contributed by atoms with E-state index in [1.807, 2.05) is 25.1 Å². The molecule has 3 N–H and O–H groups in total. The highest BCUT2D eigenvalue weighted by Gasteiger charge is 2.05. The lowest BCUT2D eigenvalue weighted by molar-refractivity contribution is 0.310. The monoisotopic (exact) mass is 400 g/mol. The average molecular weight is 401 g/mol. The van der Waals surface area contributed by atoms with Gasteiger partial charge >= 0.3 is 0 Å². The first-order chi connectivity index (χ1) is 12.9. The number of nitrogens with one attached hydrogen (secondary N) is 3. The third-order valence-electron chi connectivity index (χ3n) is 3.70. The van der Waals surface area contributed by atoms with E-state index in [1.54, 1.807) is 14.2 Å². The van der Waals surface area contributed by atoms with Gasteiger partial charge in [0, 0.05) is 26.7 Å². The number of hydrogen-bond donors (Lipinski definition) is 3. The molecule has 0 amide bonds. The Morgan fingerprint density at radius 1 is 1.11 bits per heavy atom. The number of benzene rings is 1. The van der Waals surface area contributed by atoms with Crippen molar-refractivity contribution in [2.45, 2.75) is 26.2 Å². The van der Waals surface area contributed by atoms with E-state index in [4.69, 9.17) is 9.47 Å². The molecule has 1 aromatic rings. The smallest absolute Gasteiger partial charge is 0.208 e. The lowest BCUT2D eigenvalue weighted by Gasteiger charge is -2.13. The summed E-state index contributed by atoms with van der Waals surface area (Å²) in [4.78, 5) is 4.16. The molecule has 1 rings (SSSR count). The van der Waals surface area contributed by atoms with Crippen molar-refractivity contribution in [3.8, 4) is 11.5 Å². The maximum absolute atomic E-state index is 11.0. The zero-order chi connectivity index (χ0) is 20.1. The van der Waals surface area contributed by atoms with Crippen molar-refractivity contribution in [3.05, 3.63) is 23.8 Å². The first-order valence-corrected chi connectivity index (χ1v) is 11.0. The number of ether oxygens (including phenoxy) is 2. The molecule has 0 fully saturated rings. The first-order valence-electron chi connectivity index (χ1n) is 9.08. The van der Waals surface area contributed by atoms with Crippen molar-refractivity contribution in [1.82, 2.24) is 15.4 Å². The molecule has 0 atom stereocenters. The molecule has 0 unspecified atom stereocenters. The topological polar surface area (TPSA) is 101 Å². The molecular formula is C18H32N4O4S. The third-order valence-corrected chi connectivity index (χ3v) is 4.42. The van der Waals surface area contributed by atoms with E-state index < -0.39 is 10.0 Å². The highest BCUT2D eigenvalue weighted by atomic mass is 32.2. The summed E-state index contributed by atoms with van der Waals surface area (Å²) in [5.41, 5.74) is 1.19. The molecule has 0 saturated carbocycles. The van der Waals surface area contributed by atoms with Crippen LogP contribution in [0.1, 0.15) is 25.3 Å². The maximum Gasteiger partial charge on any atom is 0.208 e. The first kappa shape index (κ1) is 23.0. The van der Waals surface area contributed by atoms with Crippen LogP contribution >= 0.6 is 0 Å². The maximum atomic E-state index is 11.0. The predicted octanol–water partition coefficient (Wildman–Crippen LogP) is 1.13. The Bertz CT molecular complexity index is 693. The number of aryl methyl sites for hydroxylation is 1. The minimum atomic E-state index is -3.13. The standard InChI is InChI=1S/C18H32N4O4S/c1-5-26-17-14-15(9-10-16(17)25-3)8-6-11-20-18(19-2)21-12-7-13-22-27(4,23)24/h9-10,14,22H,5-8,11-13H2,1-4H3,(H2,19,20,21). The van der Waals surface area contributed by atoms with E-state index in [9.17, 15) is 8.42 Å². The van der Waals surface area contributed by atoms with Gasteiger partial charge in [0.15, 0.2) is 17.5 Å². The molecule has 0 heterocycles. The van der Waals surface area contributed by atoms with Gasteiger partial charge in [-0.3, -0.25) is 4.99 Å². The third kappa shape index (κ3) is 10.0. The number of methoxy groups -OCH3 is 1. The summed E-state index contributed by atoms with van der Waals surface area (Å²) in [5, 5.41) is 6.42. The van der Waals surface area contributed by atoms with Gasteiger partial charge in [0.05, 0.1) is 20.0 Å². The fourth-order valence-corrected chi connectivity index (χ4v) is 2.93. The molecule has 27 heavy (non-hydrogen) atoms. The Labute approximate surface area is 162 Å². The van der Waals surface area contributed by atoms with Gasteiger partial charge in [0.2, 0.25) is 10.0 Å². The van der Waals surface area contributed by atoms with Crippen LogP contribution in [0, 0.1) is 0 Å². The van der Waals surface area contributed by atoms with Gasteiger partial charge in [-0.2, -0.15) is 0 Å². The van der Waals surface area contributed by atoms with Crippen molar-refractivity contribution >= 4 is 16.0 Å². The van der Waals surface area contributed by atoms with E-state index in [0.29, 0.717) is 32.1 Å². The molecule has 0 aromatic heterocycles. The number of hydrogen-bond acceptors (Lipinski definition) is 5. The summed E-state index contributed by atoms with van der Waals surface area (Å²) in [7, 11) is 0.220. The molecule has 0 aliphatic heterocycles. The molecule has 0 aliphatic rings. The van der Waals surface area contributed by atoms with Gasteiger partial charge in [-0.15, -0.1) is 0 Å². The molecule has 1 aromatic carbocycles. The fraction of sp³-hybridized carbons (Fsp3) is 0.611. The Morgan fingerprint density at radius 2 is 1.81 bits per heavy atom. The van der Waals surface area contributed by atoms with E-state index >= 15 is 0 Å². The predicted molar refractivity (Wildman–Crippen MR) is 109 cm³/mol. The summed E-state index contributed by atoms with van der Waals surface area (Å²) in [6.07, 6.45) is 3.68. The number of rotatable bonds is 12. The second kappa shape index (κ2) is 12.4. The molecule has 0 aliphatic carbocycles. The highest BCUT2D eigenvalue weighted by Crippen LogP contribution is 2.28. The molecule has 0 spiro atoms. The number of aliphatic imine (C=N–C) groups is 1. The van der Waals surface area contributed by atoms with Crippen molar-refractivity contribution in [2.75, 3.05) is 46.7 Å². The van der Waals surface area contributed by atoms with Gasteiger partial charge in [-0.05, 0) is 43.9 Å². The number of sulfonamides is 1. The van der Waals surface area contributed by atoms with Gasteiger partial charge in [-0.25, -0.2) is 13.1 Å². The van der Waals surface area contributed by atoms with Crippen LogP contribution in [0.2, 0.25) is 0 Å². The summed E-state index contributed by atoms with van der Waals surface area (Å²) in [6, 6.07) is 5.99. The van der Waals surface area contributed by atoms with Crippen molar-refractivity contribution in [3.63, 3.8) is 0 Å². The van der Waals surface area contributed by atoms with E-state index in [1.165, 1.54) is 5.56 Å². The summed E-state index contributed by atoms with van der Waals surface area (Å²) in [5.74, 6) is 2.22.